The average Bonchev–Trinajstić information content (AvgIpc) is 2.64. The van der Waals surface area contributed by atoms with Crippen molar-refractivity contribution in [2.45, 2.75) is 5.92 Å². The van der Waals surface area contributed by atoms with E-state index >= 15 is 0 Å². The summed E-state index contributed by atoms with van der Waals surface area (Å²) in [5.41, 5.74) is 7.80. The third kappa shape index (κ3) is 3.57. The van der Waals surface area contributed by atoms with Gasteiger partial charge in [-0.05, 0) is 29.8 Å². The molecule has 1 heterocycles. The number of nitrogens with two attached hydrogens (primary N) is 1. The number of rotatable bonds is 4. The Morgan fingerprint density at radius 2 is 1.62 bits per heavy atom. The minimum atomic E-state index is -0.288. The highest BCUT2D eigenvalue weighted by Crippen LogP contribution is 2.21. The van der Waals surface area contributed by atoms with E-state index in [2.05, 4.69) is 4.90 Å². The van der Waals surface area contributed by atoms with Gasteiger partial charge in [-0.15, -0.1) is 0 Å². The molecule has 4 nitrogen and oxygen atoms in total. The summed E-state index contributed by atoms with van der Waals surface area (Å²) in [5, 5.41) is 0. The summed E-state index contributed by atoms with van der Waals surface area (Å²) in [5.74, 6) is -0.438. The molecule has 126 valence electrons. The summed E-state index contributed by atoms with van der Waals surface area (Å²) in [6.07, 6.45) is 0. The van der Waals surface area contributed by atoms with Crippen LogP contribution < -0.4 is 10.6 Å². The number of carbonyl (C=O) groups excluding carboxylic acids is 1. The number of halogens is 1. The fraction of sp³-hybridized carbons (Fsp3) is 0.316. The molecule has 1 saturated heterocycles. The van der Waals surface area contributed by atoms with Crippen molar-refractivity contribution in [3.8, 4) is 0 Å². The quantitative estimate of drug-likeness (QED) is 0.937. The highest BCUT2D eigenvalue weighted by Gasteiger charge is 2.27. The van der Waals surface area contributed by atoms with Gasteiger partial charge in [0.05, 0.1) is 5.92 Å². The second-order valence-electron chi connectivity index (χ2n) is 5.99. The van der Waals surface area contributed by atoms with Gasteiger partial charge in [0.25, 0.3) is 0 Å². The van der Waals surface area contributed by atoms with E-state index in [1.165, 1.54) is 12.1 Å². The van der Waals surface area contributed by atoms with Gasteiger partial charge in [0.2, 0.25) is 5.91 Å². The van der Waals surface area contributed by atoms with Gasteiger partial charge in [0.15, 0.2) is 0 Å². The lowest BCUT2D eigenvalue weighted by Gasteiger charge is -2.37. The number of anilines is 1. The molecule has 0 spiro atoms. The number of hydrogen-bond acceptors (Lipinski definition) is 3. The maximum Gasteiger partial charge on any atom is 0.231 e. The van der Waals surface area contributed by atoms with Crippen molar-refractivity contribution >= 4 is 11.6 Å². The zero-order valence-corrected chi connectivity index (χ0v) is 13.6. The molecule has 2 aromatic carbocycles. The molecule has 1 unspecified atom stereocenters. The molecule has 24 heavy (non-hydrogen) atoms. The third-order valence-electron chi connectivity index (χ3n) is 4.52. The fourth-order valence-electron chi connectivity index (χ4n) is 3.12. The Hall–Kier alpha value is -2.40. The first-order chi connectivity index (χ1) is 11.7. The fourth-order valence-corrected chi connectivity index (χ4v) is 3.12. The third-order valence-corrected chi connectivity index (χ3v) is 4.52. The molecular weight excluding hydrogens is 305 g/mol. The topological polar surface area (TPSA) is 49.6 Å². The van der Waals surface area contributed by atoms with Crippen molar-refractivity contribution in [1.29, 1.82) is 0 Å². The van der Waals surface area contributed by atoms with Crippen LogP contribution in [0.2, 0.25) is 0 Å². The predicted molar refractivity (Wildman–Crippen MR) is 93.4 cm³/mol. The molecule has 0 aromatic heterocycles. The molecule has 1 atom stereocenters. The van der Waals surface area contributed by atoms with E-state index in [0.717, 1.165) is 24.3 Å². The second-order valence-corrected chi connectivity index (χ2v) is 5.99. The van der Waals surface area contributed by atoms with E-state index in [-0.39, 0.29) is 17.6 Å². The van der Waals surface area contributed by atoms with Gasteiger partial charge in [-0.2, -0.15) is 0 Å². The summed E-state index contributed by atoms with van der Waals surface area (Å²) in [6, 6.07) is 16.2. The number of carbonyl (C=O) groups is 1. The lowest BCUT2D eigenvalue weighted by Crippen LogP contribution is -2.50. The first-order valence-corrected chi connectivity index (χ1v) is 8.23. The average molecular weight is 327 g/mol. The van der Waals surface area contributed by atoms with Gasteiger partial charge in [-0.25, -0.2) is 4.39 Å². The van der Waals surface area contributed by atoms with Crippen LogP contribution in [-0.2, 0) is 4.79 Å². The van der Waals surface area contributed by atoms with Gasteiger partial charge in [-0.1, -0.05) is 30.3 Å². The van der Waals surface area contributed by atoms with Crippen molar-refractivity contribution in [1.82, 2.24) is 4.90 Å². The standard InChI is InChI=1S/C19H22FN3O/c20-16-6-8-17(9-7-16)22-10-12-23(13-11-22)19(24)18(14-21)15-4-2-1-3-5-15/h1-9,18H,10-14,21H2. The molecule has 1 aliphatic heterocycles. The molecular formula is C19H22FN3O. The number of piperazine rings is 1. The summed E-state index contributed by atoms with van der Waals surface area (Å²) in [4.78, 5) is 16.8. The molecule has 2 N–H and O–H groups in total. The number of benzene rings is 2. The molecule has 0 bridgehead atoms. The van der Waals surface area contributed by atoms with E-state index in [0.29, 0.717) is 19.6 Å². The maximum absolute atomic E-state index is 13.0. The Morgan fingerprint density at radius 1 is 1.00 bits per heavy atom. The van der Waals surface area contributed by atoms with Gasteiger partial charge in [-0.3, -0.25) is 4.79 Å². The molecule has 0 aliphatic carbocycles. The molecule has 1 aliphatic rings. The highest BCUT2D eigenvalue weighted by molar-refractivity contribution is 5.84. The van der Waals surface area contributed by atoms with E-state index in [1.54, 1.807) is 12.1 Å². The van der Waals surface area contributed by atoms with Crippen molar-refractivity contribution in [3.63, 3.8) is 0 Å². The summed E-state index contributed by atoms with van der Waals surface area (Å²) < 4.78 is 13.0. The van der Waals surface area contributed by atoms with Crippen LogP contribution in [0.4, 0.5) is 10.1 Å². The lowest BCUT2D eigenvalue weighted by atomic mass is 9.97. The van der Waals surface area contributed by atoms with Crippen molar-refractivity contribution in [2.75, 3.05) is 37.6 Å². The normalized spacial score (nSPS) is 16.1. The Balaban J connectivity index is 1.63. The number of hydrogen-bond donors (Lipinski definition) is 1. The summed E-state index contributed by atoms with van der Waals surface area (Å²) >= 11 is 0. The zero-order valence-electron chi connectivity index (χ0n) is 13.6. The van der Waals surface area contributed by atoms with E-state index in [4.69, 9.17) is 5.73 Å². The predicted octanol–water partition coefficient (Wildman–Crippen LogP) is 2.22. The number of amides is 1. The first-order valence-electron chi connectivity index (χ1n) is 8.23. The molecule has 0 radical (unpaired) electrons. The second kappa shape index (κ2) is 7.45. The zero-order chi connectivity index (χ0) is 16.9. The molecule has 3 rings (SSSR count). The van der Waals surface area contributed by atoms with Crippen LogP contribution in [0.3, 0.4) is 0 Å². The van der Waals surface area contributed by atoms with Gasteiger partial charge in [0, 0.05) is 38.4 Å². The smallest absolute Gasteiger partial charge is 0.231 e. The Kier molecular flexibility index (Phi) is 5.11. The van der Waals surface area contributed by atoms with Crippen LogP contribution in [0.5, 0.6) is 0 Å². The maximum atomic E-state index is 13.0. The largest absolute Gasteiger partial charge is 0.368 e. The van der Waals surface area contributed by atoms with Crippen LogP contribution in [0.25, 0.3) is 0 Å². The molecule has 1 amide bonds. The Labute approximate surface area is 141 Å². The molecule has 5 heteroatoms. The van der Waals surface area contributed by atoms with Crippen LogP contribution in [0.15, 0.2) is 54.6 Å². The van der Waals surface area contributed by atoms with Crippen molar-refractivity contribution in [3.05, 3.63) is 66.0 Å². The van der Waals surface area contributed by atoms with E-state index in [1.807, 2.05) is 35.2 Å². The first kappa shape index (κ1) is 16.5. The van der Waals surface area contributed by atoms with Gasteiger partial charge < -0.3 is 15.5 Å². The minimum Gasteiger partial charge on any atom is -0.368 e. The summed E-state index contributed by atoms with van der Waals surface area (Å²) in [6.45, 7) is 3.09. The highest BCUT2D eigenvalue weighted by atomic mass is 19.1. The van der Waals surface area contributed by atoms with Gasteiger partial charge >= 0.3 is 0 Å². The monoisotopic (exact) mass is 327 g/mol. The van der Waals surface area contributed by atoms with Crippen LogP contribution >= 0.6 is 0 Å². The summed E-state index contributed by atoms with van der Waals surface area (Å²) in [7, 11) is 0. The van der Waals surface area contributed by atoms with Crippen LogP contribution in [-0.4, -0.2) is 43.5 Å². The van der Waals surface area contributed by atoms with Crippen LogP contribution in [0, 0.1) is 5.82 Å². The Morgan fingerprint density at radius 3 is 2.21 bits per heavy atom. The SMILES string of the molecule is NCC(C(=O)N1CCN(c2ccc(F)cc2)CC1)c1ccccc1. The Bertz CT molecular complexity index is 667. The molecule has 2 aromatic rings. The molecule has 0 saturated carbocycles. The van der Waals surface area contributed by atoms with E-state index in [9.17, 15) is 9.18 Å². The van der Waals surface area contributed by atoms with Crippen molar-refractivity contribution in [2.24, 2.45) is 5.73 Å². The van der Waals surface area contributed by atoms with Gasteiger partial charge in [0.1, 0.15) is 5.82 Å². The van der Waals surface area contributed by atoms with Crippen molar-refractivity contribution < 1.29 is 9.18 Å². The van der Waals surface area contributed by atoms with E-state index < -0.39 is 0 Å². The van der Waals surface area contributed by atoms with Crippen LogP contribution in [0.1, 0.15) is 11.5 Å². The molecule has 1 fully saturated rings. The number of nitrogens with zero attached hydrogens (tertiary/aromatic N) is 2. The lowest BCUT2D eigenvalue weighted by molar-refractivity contribution is -0.132. The minimum absolute atomic E-state index is 0.0856.